The lowest BCUT2D eigenvalue weighted by molar-refractivity contribution is -0.135. The second kappa shape index (κ2) is 6.13. The molecule has 0 atom stereocenters. The van der Waals surface area contributed by atoms with Gasteiger partial charge in [0.15, 0.2) is 24.4 Å². The van der Waals surface area contributed by atoms with Crippen LogP contribution in [0.1, 0.15) is 5.56 Å². The Bertz CT molecular complexity index is 625. The predicted molar refractivity (Wildman–Crippen MR) is 64.2 cm³/mol. The Balaban J connectivity index is 1.95. The number of ether oxygens (including phenoxy) is 3. The van der Waals surface area contributed by atoms with E-state index in [9.17, 15) is 9.59 Å². The molecular weight excluding hydrogens is 248 g/mol. The zero-order valence-electron chi connectivity index (χ0n) is 9.76. The van der Waals surface area contributed by atoms with Crippen molar-refractivity contribution < 1.29 is 23.8 Å². The Morgan fingerprint density at radius 1 is 1.37 bits per heavy atom. The Kier molecular flexibility index (Phi) is 4.05. The van der Waals surface area contributed by atoms with Gasteiger partial charge < -0.3 is 14.2 Å². The fourth-order valence-corrected chi connectivity index (χ4v) is 1.32. The van der Waals surface area contributed by atoms with Crippen LogP contribution in [-0.4, -0.2) is 25.7 Å². The molecule has 1 aliphatic rings. The molecular formula is C14H8O5. The van der Waals surface area contributed by atoms with Gasteiger partial charge in [-0.25, -0.2) is 4.79 Å². The molecule has 0 bridgehead atoms. The quantitative estimate of drug-likeness (QED) is 0.416. The van der Waals surface area contributed by atoms with E-state index < -0.39 is 5.97 Å². The molecule has 0 radical (unpaired) electrons. The van der Waals surface area contributed by atoms with E-state index in [4.69, 9.17) is 9.47 Å². The number of fused-ring (bicyclic) bond motifs is 1. The lowest BCUT2D eigenvalue weighted by Gasteiger charge is -1.95. The number of hydrogen-bond acceptors (Lipinski definition) is 5. The largest absolute Gasteiger partial charge is 0.454 e. The topological polar surface area (TPSA) is 61.8 Å². The molecule has 2 rings (SSSR count). The fourth-order valence-electron chi connectivity index (χ4n) is 1.32. The maximum atomic E-state index is 11.2. The molecule has 0 amide bonds. The Morgan fingerprint density at radius 3 is 3.05 bits per heavy atom. The summed E-state index contributed by atoms with van der Waals surface area (Å²) in [6.07, 6.45) is 0.423. The first-order valence-electron chi connectivity index (χ1n) is 5.30. The minimum absolute atomic E-state index is 0.159. The average Bonchev–Trinajstić information content (AvgIpc) is 2.89. The number of carbonyl (C=O) groups excluding carboxylic acids is 2. The highest BCUT2D eigenvalue weighted by Gasteiger charge is 2.12. The second-order valence-corrected chi connectivity index (χ2v) is 3.33. The van der Waals surface area contributed by atoms with Crippen molar-refractivity contribution in [2.75, 3.05) is 13.4 Å². The van der Waals surface area contributed by atoms with E-state index in [0.29, 0.717) is 23.3 Å². The average molecular weight is 256 g/mol. The van der Waals surface area contributed by atoms with E-state index >= 15 is 0 Å². The molecule has 5 nitrogen and oxygen atoms in total. The molecule has 0 fully saturated rings. The van der Waals surface area contributed by atoms with Gasteiger partial charge in [-0.15, -0.1) is 0 Å². The van der Waals surface area contributed by atoms with E-state index in [1.807, 2.05) is 0 Å². The minimum atomic E-state index is -0.710. The molecule has 94 valence electrons. The molecule has 1 heterocycles. The number of hydrogen-bond donors (Lipinski definition) is 0. The van der Waals surface area contributed by atoms with Gasteiger partial charge >= 0.3 is 5.97 Å². The van der Waals surface area contributed by atoms with Crippen molar-refractivity contribution in [3.63, 3.8) is 0 Å². The van der Waals surface area contributed by atoms with Crippen LogP contribution < -0.4 is 9.47 Å². The molecule has 0 N–H and O–H groups in total. The van der Waals surface area contributed by atoms with Crippen molar-refractivity contribution in [3.05, 3.63) is 23.8 Å². The summed E-state index contributed by atoms with van der Waals surface area (Å²) in [5.74, 6) is 9.93. The van der Waals surface area contributed by atoms with Crippen molar-refractivity contribution >= 4 is 12.3 Å². The Labute approximate surface area is 109 Å². The summed E-state index contributed by atoms with van der Waals surface area (Å²) in [4.78, 5) is 21.1. The fraction of sp³-hybridized carbons (Fsp3) is 0.143. The number of benzene rings is 1. The lowest BCUT2D eigenvalue weighted by Crippen LogP contribution is -2.01. The summed E-state index contributed by atoms with van der Waals surface area (Å²) in [6.45, 7) is 0.0249. The smallest absolute Gasteiger partial charge is 0.385 e. The summed E-state index contributed by atoms with van der Waals surface area (Å²) in [6, 6.07) is 5.10. The summed E-state index contributed by atoms with van der Waals surface area (Å²) in [7, 11) is 0. The van der Waals surface area contributed by atoms with Gasteiger partial charge in [-0.3, -0.25) is 4.79 Å². The molecule has 19 heavy (non-hydrogen) atoms. The third-order valence-corrected chi connectivity index (χ3v) is 2.12. The van der Waals surface area contributed by atoms with Crippen LogP contribution in [0.4, 0.5) is 0 Å². The summed E-state index contributed by atoms with van der Waals surface area (Å²) < 4.78 is 15.0. The maximum absolute atomic E-state index is 11.2. The van der Waals surface area contributed by atoms with Crippen LogP contribution in [0.5, 0.6) is 11.5 Å². The summed E-state index contributed by atoms with van der Waals surface area (Å²) in [5.41, 5.74) is 0.611. The number of carbonyl (C=O) groups is 2. The van der Waals surface area contributed by atoms with Crippen molar-refractivity contribution in [1.82, 2.24) is 0 Å². The molecule has 0 saturated heterocycles. The third kappa shape index (κ3) is 3.52. The van der Waals surface area contributed by atoms with E-state index in [1.54, 1.807) is 18.2 Å². The van der Waals surface area contributed by atoms with Crippen LogP contribution in [0.2, 0.25) is 0 Å². The summed E-state index contributed by atoms with van der Waals surface area (Å²) >= 11 is 0. The van der Waals surface area contributed by atoms with Crippen LogP contribution in [0.15, 0.2) is 18.2 Å². The zero-order chi connectivity index (χ0) is 13.5. The highest BCUT2D eigenvalue weighted by atomic mass is 16.7. The van der Waals surface area contributed by atoms with Crippen molar-refractivity contribution in [2.45, 2.75) is 0 Å². The van der Waals surface area contributed by atoms with E-state index in [0.717, 1.165) is 0 Å². The van der Waals surface area contributed by atoms with E-state index in [2.05, 4.69) is 28.4 Å². The van der Waals surface area contributed by atoms with Gasteiger partial charge in [0.1, 0.15) is 0 Å². The molecule has 1 aliphatic heterocycles. The molecule has 0 saturated carbocycles. The first-order chi connectivity index (χ1) is 9.29. The highest BCUT2D eigenvalue weighted by Crippen LogP contribution is 2.32. The van der Waals surface area contributed by atoms with Gasteiger partial charge in [-0.1, -0.05) is 11.8 Å². The predicted octanol–water partition coefficient (Wildman–Crippen LogP) is 0.512. The van der Waals surface area contributed by atoms with Gasteiger partial charge in [-0.05, 0) is 24.1 Å². The van der Waals surface area contributed by atoms with Crippen LogP contribution >= 0.6 is 0 Å². The van der Waals surface area contributed by atoms with Crippen LogP contribution in [0.25, 0.3) is 0 Å². The van der Waals surface area contributed by atoms with Crippen molar-refractivity contribution in [3.8, 4) is 35.2 Å². The molecule has 0 spiro atoms. The van der Waals surface area contributed by atoms with Gasteiger partial charge in [0, 0.05) is 11.5 Å². The monoisotopic (exact) mass is 256 g/mol. The standard InChI is InChI=1S/C14H8O5/c15-7-1-2-8-17-14(16)6-4-11-3-5-12-13(9-11)19-10-18-12/h3,5,7,9H,8,10H2. The van der Waals surface area contributed by atoms with Crippen LogP contribution in [0.3, 0.4) is 0 Å². The lowest BCUT2D eigenvalue weighted by atomic mass is 10.2. The van der Waals surface area contributed by atoms with Crippen molar-refractivity contribution in [2.24, 2.45) is 0 Å². The number of rotatable bonds is 1. The second-order valence-electron chi connectivity index (χ2n) is 3.33. The normalized spacial score (nSPS) is 10.5. The Morgan fingerprint density at radius 2 is 2.21 bits per heavy atom. The van der Waals surface area contributed by atoms with E-state index in [1.165, 1.54) is 0 Å². The molecule has 1 aromatic rings. The minimum Gasteiger partial charge on any atom is -0.454 e. The van der Waals surface area contributed by atoms with E-state index in [-0.39, 0.29) is 13.4 Å². The Hall–Kier alpha value is -2.92. The van der Waals surface area contributed by atoms with Gasteiger partial charge in [0.25, 0.3) is 0 Å². The SMILES string of the molecule is O=CC#CCOC(=O)C#Cc1ccc2c(c1)OCO2. The molecule has 0 aliphatic carbocycles. The number of esters is 1. The number of aldehydes is 1. The highest BCUT2D eigenvalue weighted by molar-refractivity contribution is 5.89. The molecule has 1 aromatic carbocycles. The molecule has 0 unspecified atom stereocenters. The van der Waals surface area contributed by atoms with Gasteiger partial charge in [0.2, 0.25) is 6.79 Å². The molecule has 5 heteroatoms. The first-order valence-corrected chi connectivity index (χ1v) is 5.30. The zero-order valence-corrected chi connectivity index (χ0v) is 9.76. The maximum Gasteiger partial charge on any atom is 0.385 e. The first kappa shape index (κ1) is 12.5. The third-order valence-electron chi connectivity index (χ3n) is 2.12. The van der Waals surface area contributed by atoms with Crippen LogP contribution in [-0.2, 0) is 14.3 Å². The molecule has 0 aromatic heterocycles. The summed E-state index contributed by atoms with van der Waals surface area (Å²) in [5, 5.41) is 0. The van der Waals surface area contributed by atoms with Gasteiger partial charge in [-0.2, -0.15) is 0 Å². The van der Waals surface area contributed by atoms with Crippen molar-refractivity contribution in [1.29, 1.82) is 0 Å². The van der Waals surface area contributed by atoms with Crippen LogP contribution in [0, 0.1) is 23.7 Å². The van der Waals surface area contributed by atoms with Gasteiger partial charge in [0.05, 0.1) is 0 Å².